The Morgan fingerprint density at radius 1 is 1.29 bits per heavy atom. The minimum absolute atomic E-state index is 0.0426. The third-order valence-corrected chi connectivity index (χ3v) is 5.49. The summed E-state index contributed by atoms with van der Waals surface area (Å²) in [6.45, 7) is 2.23. The third-order valence-electron chi connectivity index (χ3n) is 4.21. The van der Waals surface area contributed by atoms with Gasteiger partial charge in [-0.25, -0.2) is 4.79 Å². The van der Waals surface area contributed by atoms with E-state index in [4.69, 9.17) is 4.74 Å². The number of carbonyl (C=O) groups excluding carboxylic acids is 4. The van der Waals surface area contributed by atoms with Crippen LogP contribution in [0.25, 0.3) is 0 Å². The fourth-order valence-electron chi connectivity index (χ4n) is 2.85. The van der Waals surface area contributed by atoms with E-state index >= 15 is 0 Å². The molecule has 2 heterocycles. The highest BCUT2D eigenvalue weighted by Crippen LogP contribution is 2.31. The minimum Gasteiger partial charge on any atom is -0.450 e. The summed E-state index contributed by atoms with van der Waals surface area (Å²) in [7, 11) is 1.68. The van der Waals surface area contributed by atoms with Crippen LogP contribution in [0.3, 0.4) is 0 Å². The molecular formula is C15H23N3O5S. The van der Waals surface area contributed by atoms with E-state index < -0.39 is 17.9 Å². The lowest BCUT2D eigenvalue weighted by atomic mass is 9.96. The van der Waals surface area contributed by atoms with Crippen molar-refractivity contribution in [3.8, 4) is 0 Å². The van der Waals surface area contributed by atoms with Gasteiger partial charge >= 0.3 is 6.09 Å². The average molecular weight is 357 g/mol. The quantitative estimate of drug-likeness (QED) is 0.751. The number of amides is 4. The number of hydrogen-bond donors (Lipinski definition) is 2. The second kappa shape index (κ2) is 8.36. The van der Waals surface area contributed by atoms with Gasteiger partial charge in [0, 0.05) is 20.0 Å². The van der Waals surface area contributed by atoms with Crippen molar-refractivity contribution >= 4 is 35.6 Å². The molecule has 9 heteroatoms. The molecule has 2 aliphatic heterocycles. The number of ether oxygens (including phenoxy) is 1. The van der Waals surface area contributed by atoms with Crippen molar-refractivity contribution in [2.24, 2.45) is 11.8 Å². The maximum atomic E-state index is 12.4. The van der Waals surface area contributed by atoms with Gasteiger partial charge in [-0.1, -0.05) is 0 Å². The topological polar surface area (TPSA) is 105 Å². The molecule has 24 heavy (non-hydrogen) atoms. The van der Waals surface area contributed by atoms with E-state index in [1.54, 1.807) is 18.9 Å². The fraction of sp³-hybridized carbons (Fsp3) is 0.733. The number of piperidine rings is 1. The maximum Gasteiger partial charge on any atom is 0.413 e. The molecule has 0 aromatic heterocycles. The first-order valence-electron chi connectivity index (χ1n) is 8.06. The molecule has 2 fully saturated rings. The Labute approximate surface area is 145 Å². The lowest BCUT2D eigenvalue weighted by Crippen LogP contribution is -2.49. The van der Waals surface area contributed by atoms with Crippen LogP contribution < -0.4 is 10.6 Å². The normalized spacial score (nSPS) is 26.8. The summed E-state index contributed by atoms with van der Waals surface area (Å²) in [4.78, 5) is 49.0. The molecule has 2 rings (SSSR count). The second-order valence-corrected chi connectivity index (χ2v) is 7.16. The van der Waals surface area contributed by atoms with Gasteiger partial charge in [-0.05, 0) is 25.5 Å². The molecule has 2 saturated heterocycles. The Kier molecular flexibility index (Phi) is 6.47. The molecule has 0 saturated carbocycles. The number of hydrogen-bond acceptors (Lipinski definition) is 6. The summed E-state index contributed by atoms with van der Waals surface area (Å²) >= 11 is 1.49. The number of rotatable bonds is 4. The van der Waals surface area contributed by atoms with E-state index in [9.17, 15) is 19.2 Å². The first-order valence-corrected chi connectivity index (χ1v) is 9.10. The van der Waals surface area contributed by atoms with E-state index in [-0.39, 0.29) is 29.7 Å². The van der Waals surface area contributed by atoms with Crippen molar-refractivity contribution in [1.29, 1.82) is 0 Å². The SMILES string of the molecule is CCOC(=O)NC(=O)C1CCSC1NC(=O)C1CCC(=O)N(C)C1. The predicted octanol–water partition coefficient (Wildman–Crippen LogP) is 0.323. The van der Waals surface area contributed by atoms with Crippen molar-refractivity contribution in [3.05, 3.63) is 0 Å². The molecule has 2 aliphatic rings. The number of thioether (sulfide) groups is 1. The largest absolute Gasteiger partial charge is 0.450 e. The lowest BCUT2D eigenvalue weighted by Gasteiger charge is -2.30. The van der Waals surface area contributed by atoms with Gasteiger partial charge in [0.2, 0.25) is 17.7 Å². The minimum atomic E-state index is -0.767. The molecule has 8 nitrogen and oxygen atoms in total. The highest BCUT2D eigenvalue weighted by Gasteiger charge is 2.37. The number of imide groups is 1. The third kappa shape index (κ3) is 4.62. The molecule has 0 spiro atoms. The van der Waals surface area contributed by atoms with Gasteiger partial charge in [0.15, 0.2) is 0 Å². The zero-order valence-electron chi connectivity index (χ0n) is 13.9. The van der Waals surface area contributed by atoms with Crippen LogP contribution in [-0.4, -0.2) is 60.0 Å². The molecule has 0 bridgehead atoms. The Bertz CT molecular complexity index is 527. The first kappa shape index (κ1) is 18.6. The molecule has 4 amide bonds. The number of nitrogens with zero attached hydrogens (tertiary/aromatic N) is 1. The first-order chi connectivity index (χ1) is 11.4. The zero-order valence-corrected chi connectivity index (χ0v) is 14.7. The van der Waals surface area contributed by atoms with Crippen LogP contribution in [0, 0.1) is 11.8 Å². The van der Waals surface area contributed by atoms with E-state index in [0.717, 1.165) is 5.75 Å². The summed E-state index contributed by atoms with van der Waals surface area (Å²) < 4.78 is 4.70. The van der Waals surface area contributed by atoms with Crippen LogP contribution in [0.4, 0.5) is 4.79 Å². The maximum absolute atomic E-state index is 12.4. The van der Waals surface area contributed by atoms with Gasteiger partial charge in [0.1, 0.15) is 0 Å². The van der Waals surface area contributed by atoms with Crippen molar-refractivity contribution < 1.29 is 23.9 Å². The smallest absolute Gasteiger partial charge is 0.413 e. The molecule has 0 aromatic carbocycles. The standard InChI is InChI=1S/C15H23N3O5S/c1-3-23-15(22)17-13(21)10-6-7-24-14(10)16-12(20)9-4-5-11(19)18(2)8-9/h9-10,14H,3-8H2,1-2H3,(H,16,20)(H,17,21,22). The summed E-state index contributed by atoms with van der Waals surface area (Å²) in [6, 6.07) is 0. The monoisotopic (exact) mass is 357 g/mol. The van der Waals surface area contributed by atoms with E-state index in [1.807, 2.05) is 0 Å². The van der Waals surface area contributed by atoms with Crippen LogP contribution in [-0.2, 0) is 19.1 Å². The summed E-state index contributed by atoms with van der Waals surface area (Å²) in [5.74, 6) is -0.535. The van der Waals surface area contributed by atoms with Crippen molar-refractivity contribution in [2.45, 2.75) is 31.6 Å². The van der Waals surface area contributed by atoms with Crippen LogP contribution in [0.2, 0.25) is 0 Å². The Balaban J connectivity index is 1.88. The van der Waals surface area contributed by atoms with Crippen molar-refractivity contribution in [2.75, 3.05) is 26.0 Å². The van der Waals surface area contributed by atoms with E-state index in [1.165, 1.54) is 11.8 Å². The molecular weight excluding hydrogens is 334 g/mol. The van der Waals surface area contributed by atoms with Crippen molar-refractivity contribution in [1.82, 2.24) is 15.5 Å². The molecule has 2 N–H and O–H groups in total. The van der Waals surface area contributed by atoms with Crippen LogP contribution >= 0.6 is 11.8 Å². The highest BCUT2D eigenvalue weighted by molar-refractivity contribution is 8.00. The Hall–Kier alpha value is -1.77. The molecule has 3 atom stereocenters. The average Bonchev–Trinajstić information content (AvgIpc) is 2.98. The Morgan fingerprint density at radius 2 is 2.04 bits per heavy atom. The van der Waals surface area contributed by atoms with E-state index in [2.05, 4.69) is 10.6 Å². The van der Waals surface area contributed by atoms with Crippen molar-refractivity contribution in [3.63, 3.8) is 0 Å². The number of carbonyl (C=O) groups is 4. The highest BCUT2D eigenvalue weighted by atomic mass is 32.2. The summed E-state index contributed by atoms with van der Waals surface area (Å²) in [5.41, 5.74) is 0. The van der Waals surface area contributed by atoms with E-state index in [0.29, 0.717) is 25.8 Å². The number of alkyl carbamates (subject to hydrolysis) is 1. The molecule has 3 unspecified atom stereocenters. The van der Waals surface area contributed by atoms with Gasteiger partial charge in [-0.3, -0.25) is 19.7 Å². The van der Waals surface area contributed by atoms with Gasteiger partial charge in [0.25, 0.3) is 0 Å². The lowest BCUT2D eigenvalue weighted by molar-refractivity contribution is -0.137. The number of likely N-dealkylation sites (tertiary alicyclic amines) is 1. The van der Waals surface area contributed by atoms with Crippen LogP contribution in [0.15, 0.2) is 0 Å². The van der Waals surface area contributed by atoms with Crippen LogP contribution in [0.5, 0.6) is 0 Å². The second-order valence-electron chi connectivity index (χ2n) is 5.91. The van der Waals surface area contributed by atoms with Crippen LogP contribution in [0.1, 0.15) is 26.2 Å². The Morgan fingerprint density at radius 3 is 2.71 bits per heavy atom. The molecule has 134 valence electrons. The van der Waals surface area contributed by atoms with Gasteiger partial charge in [0.05, 0.1) is 23.8 Å². The zero-order chi connectivity index (χ0) is 17.7. The van der Waals surface area contributed by atoms with Gasteiger partial charge in [-0.15, -0.1) is 11.8 Å². The predicted molar refractivity (Wildman–Crippen MR) is 88.0 cm³/mol. The molecule has 0 aliphatic carbocycles. The summed E-state index contributed by atoms with van der Waals surface area (Å²) in [5, 5.41) is 4.73. The molecule has 0 radical (unpaired) electrons. The fourth-order valence-corrected chi connectivity index (χ4v) is 4.18. The van der Waals surface area contributed by atoms with Gasteiger partial charge < -0.3 is 15.0 Å². The summed E-state index contributed by atoms with van der Waals surface area (Å²) in [6.07, 6.45) is 0.701. The molecule has 0 aromatic rings. The number of nitrogens with one attached hydrogen (secondary N) is 2. The van der Waals surface area contributed by atoms with Gasteiger partial charge in [-0.2, -0.15) is 0 Å².